The number of benzene rings is 1. The van der Waals surface area contributed by atoms with Crippen LogP contribution in [-0.2, 0) is 19.8 Å². The van der Waals surface area contributed by atoms with E-state index in [1.54, 1.807) is 19.4 Å². The van der Waals surface area contributed by atoms with Crippen molar-refractivity contribution in [2.45, 2.75) is 53.5 Å². The monoisotopic (exact) mass is 544 g/mol. The smallest absolute Gasteiger partial charge is 0.222 e. The lowest BCUT2D eigenvalue weighted by Crippen LogP contribution is -2.23. The molecule has 4 aromatic heterocycles. The van der Waals surface area contributed by atoms with Gasteiger partial charge >= 0.3 is 0 Å². The fraction of sp³-hybridized carbons (Fsp3) is 0.333. The molecule has 1 aromatic carbocycles. The predicted octanol–water partition coefficient (Wildman–Crippen LogP) is 6.45. The van der Waals surface area contributed by atoms with Gasteiger partial charge in [-0.05, 0) is 63.6 Å². The minimum atomic E-state index is -0.713. The summed E-state index contributed by atoms with van der Waals surface area (Å²) in [6.07, 6.45) is 1.71. The predicted molar refractivity (Wildman–Crippen MR) is 151 cm³/mol. The number of halogens is 1. The van der Waals surface area contributed by atoms with Crippen LogP contribution in [-0.4, -0.2) is 38.6 Å². The average molecular weight is 545 g/mol. The van der Waals surface area contributed by atoms with Crippen molar-refractivity contribution >= 4 is 16.7 Å². The zero-order valence-electron chi connectivity index (χ0n) is 23.4. The molecule has 5 rings (SSSR count). The summed E-state index contributed by atoms with van der Waals surface area (Å²) in [7, 11) is 1.65. The molecule has 0 bridgehead atoms. The summed E-state index contributed by atoms with van der Waals surface area (Å²) < 4.78 is 31.7. The Balaban J connectivity index is 1.72. The van der Waals surface area contributed by atoms with Crippen molar-refractivity contribution in [3.63, 3.8) is 0 Å². The second-order valence-corrected chi connectivity index (χ2v) is 9.76. The minimum absolute atomic E-state index is 0.0907. The van der Waals surface area contributed by atoms with Crippen molar-refractivity contribution in [2.75, 3.05) is 18.6 Å². The highest BCUT2D eigenvalue weighted by Crippen LogP contribution is 2.37. The van der Waals surface area contributed by atoms with Crippen LogP contribution in [0.5, 0.6) is 11.6 Å². The van der Waals surface area contributed by atoms with Gasteiger partial charge in [0.15, 0.2) is 5.76 Å². The number of methoxy groups -OCH3 is 1. The van der Waals surface area contributed by atoms with E-state index in [1.165, 1.54) is 0 Å². The highest BCUT2D eigenvalue weighted by molar-refractivity contribution is 5.93. The van der Waals surface area contributed by atoms with Crippen LogP contribution in [0.3, 0.4) is 0 Å². The Labute approximate surface area is 232 Å². The fourth-order valence-electron chi connectivity index (χ4n) is 4.72. The van der Waals surface area contributed by atoms with Crippen LogP contribution in [0.4, 0.5) is 10.1 Å². The Bertz CT molecular complexity index is 1600. The van der Waals surface area contributed by atoms with Gasteiger partial charge in [-0.2, -0.15) is 5.10 Å². The zero-order valence-corrected chi connectivity index (χ0v) is 23.4. The first-order chi connectivity index (χ1) is 19.4. The Morgan fingerprint density at radius 1 is 1.10 bits per heavy atom. The maximum absolute atomic E-state index is 13.3. The number of aryl methyl sites for hydroxylation is 1. The molecule has 0 saturated carbocycles. The lowest BCUT2D eigenvalue weighted by molar-refractivity contribution is 0.327. The molecule has 0 atom stereocenters. The first kappa shape index (κ1) is 27.1. The number of aromatic nitrogens is 5. The molecule has 0 fully saturated rings. The van der Waals surface area contributed by atoms with Gasteiger partial charge in [0.25, 0.3) is 0 Å². The van der Waals surface area contributed by atoms with E-state index < -0.39 is 6.67 Å². The number of alkyl halides is 1. The summed E-state index contributed by atoms with van der Waals surface area (Å²) in [5, 5.41) is 9.00. The number of ether oxygens (including phenoxy) is 2. The van der Waals surface area contributed by atoms with Gasteiger partial charge in [0.05, 0.1) is 42.9 Å². The van der Waals surface area contributed by atoms with Gasteiger partial charge in [0.1, 0.15) is 29.2 Å². The molecule has 208 valence electrons. The summed E-state index contributed by atoms with van der Waals surface area (Å²) in [4.78, 5) is 11.7. The van der Waals surface area contributed by atoms with Gasteiger partial charge < -0.3 is 18.9 Å². The summed E-state index contributed by atoms with van der Waals surface area (Å²) >= 11 is 0. The van der Waals surface area contributed by atoms with E-state index in [-0.39, 0.29) is 11.8 Å². The third-order valence-electron chi connectivity index (χ3n) is 6.58. The molecule has 5 aromatic rings. The van der Waals surface area contributed by atoms with Crippen molar-refractivity contribution in [3.8, 4) is 22.9 Å². The quantitative estimate of drug-likeness (QED) is 0.187. The van der Waals surface area contributed by atoms with Gasteiger partial charge in [-0.3, -0.25) is 4.68 Å². The van der Waals surface area contributed by atoms with Gasteiger partial charge in [0.2, 0.25) is 5.88 Å². The van der Waals surface area contributed by atoms with Crippen LogP contribution in [0.1, 0.15) is 49.5 Å². The van der Waals surface area contributed by atoms with Gasteiger partial charge in [-0.1, -0.05) is 17.3 Å². The molecule has 0 spiro atoms. The summed E-state index contributed by atoms with van der Waals surface area (Å²) in [5.74, 6) is 1.49. The van der Waals surface area contributed by atoms with E-state index in [0.717, 1.165) is 45.0 Å². The maximum atomic E-state index is 13.3. The molecular weight excluding hydrogens is 511 g/mol. The maximum Gasteiger partial charge on any atom is 0.222 e. The van der Waals surface area contributed by atoms with E-state index in [2.05, 4.69) is 28.9 Å². The van der Waals surface area contributed by atoms with Gasteiger partial charge in [-0.15, -0.1) is 0 Å². The van der Waals surface area contributed by atoms with Gasteiger partial charge in [0, 0.05) is 24.8 Å². The molecular formula is C30H33FN6O3. The van der Waals surface area contributed by atoms with Crippen LogP contribution >= 0.6 is 0 Å². The summed E-state index contributed by atoms with van der Waals surface area (Å²) in [6, 6.07) is 15.5. The minimum Gasteiger partial charge on any atom is -0.497 e. The van der Waals surface area contributed by atoms with Crippen LogP contribution in [0, 0.1) is 6.92 Å². The molecule has 4 heterocycles. The molecule has 0 unspecified atom stereocenters. The molecule has 0 aliphatic rings. The number of pyridine rings is 2. The number of fused-ring (bicyclic) bond motifs is 1. The lowest BCUT2D eigenvalue weighted by atomic mass is 10.1. The van der Waals surface area contributed by atoms with Crippen molar-refractivity contribution in [1.29, 1.82) is 0 Å². The molecule has 10 heteroatoms. The number of nitrogens with zero attached hydrogens (tertiary/aromatic N) is 6. The summed E-state index contributed by atoms with van der Waals surface area (Å²) in [6.45, 7) is 8.76. The number of rotatable bonds is 11. The van der Waals surface area contributed by atoms with Crippen molar-refractivity contribution in [2.24, 2.45) is 0 Å². The summed E-state index contributed by atoms with van der Waals surface area (Å²) in [5.41, 5.74) is 6.60. The zero-order chi connectivity index (χ0) is 28.2. The third-order valence-corrected chi connectivity index (χ3v) is 6.58. The molecule has 0 N–H and O–H groups in total. The molecule has 9 nitrogen and oxygen atoms in total. The highest BCUT2D eigenvalue weighted by Gasteiger charge is 2.24. The molecule has 0 saturated heterocycles. The van der Waals surface area contributed by atoms with E-state index in [4.69, 9.17) is 24.1 Å². The van der Waals surface area contributed by atoms with Crippen LogP contribution in [0.15, 0.2) is 59.3 Å². The second kappa shape index (κ2) is 11.7. The molecule has 40 heavy (non-hydrogen) atoms. The fourth-order valence-corrected chi connectivity index (χ4v) is 4.72. The lowest BCUT2D eigenvalue weighted by Gasteiger charge is -2.26. The first-order valence-corrected chi connectivity index (χ1v) is 13.3. The standard InChI is InChI=1S/C30H33FN6O3/c1-6-39-30-25(8-7-13-32-30)26-15-27(29-28(33-26)20(4)34-37(29)19(2)3)36(18-22-14-24(16-31)40-35-22)17-21-9-11-23(38-5)12-10-21/h7-15,19H,6,16-18H2,1-5H3. The third kappa shape index (κ3) is 5.47. The molecule has 0 radical (unpaired) electrons. The number of hydrogen-bond acceptors (Lipinski definition) is 8. The Morgan fingerprint density at radius 3 is 2.58 bits per heavy atom. The van der Waals surface area contributed by atoms with Gasteiger partial charge in [-0.25, -0.2) is 14.4 Å². The Morgan fingerprint density at radius 2 is 1.90 bits per heavy atom. The highest BCUT2D eigenvalue weighted by atomic mass is 19.1. The Kier molecular flexibility index (Phi) is 7.95. The molecule has 0 amide bonds. The number of hydrogen-bond donors (Lipinski definition) is 0. The molecule has 0 aliphatic carbocycles. The van der Waals surface area contributed by atoms with Crippen LogP contribution in [0.25, 0.3) is 22.3 Å². The van der Waals surface area contributed by atoms with E-state index in [9.17, 15) is 4.39 Å². The second-order valence-electron chi connectivity index (χ2n) is 9.76. The van der Waals surface area contributed by atoms with Crippen LogP contribution in [0.2, 0.25) is 0 Å². The molecule has 0 aliphatic heterocycles. The topological polar surface area (TPSA) is 91.3 Å². The normalized spacial score (nSPS) is 11.4. The van der Waals surface area contributed by atoms with E-state index in [1.807, 2.05) is 61.0 Å². The Hall–Kier alpha value is -4.47. The SMILES string of the molecule is CCOc1ncccc1-c1cc(N(Cc2ccc(OC)cc2)Cc2cc(CF)on2)c2c(n1)c(C)nn2C(C)C. The van der Waals surface area contributed by atoms with E-state index >= 15 is 0 Å². The number of anilines is 1. The van der Waals surface area contributed by atoms with Crippen molar-refractivity contribution in [1.82, 2.24) is 24.9 Å². The van der Waals surface area contributed by atoms with Crippen molar-refractivity contribution in [3.05, 3.63) is 77.4 Å². The average Bonchev–Trinajstić information content (AvgIpc) is 3.57. The van der Waals surface area contributed by atoms with Crippen LogP contribution < -0.4 is 14.4 Å². The largest absolute Gasteiger partial charge is 0.497 e. The van der Waals surface area contributed by atoms with E-state index in [0.29, 0.717) is 31.3 Å². The van der Waals surface area contributed by atoms with Crippen molar-refractivity contribution < 1.29 is 18.4 Å². The first-order valence-electron chi connectivity index (χ1n) is 13.3.